The zero-order valence-electron chi connectivity index (χ0n) is 24.0. The van der Waals surface area contributed by atoms with E-state index in [1.165, 1.54) is 32.1 Å². The predicted molar refractivity (Wildman–Crippen MR) is 160 cm³/mol. The summed E-state index contributed by atoms with van der Waals surface area (Å²) < 4.78 is 11.8. The van der Waals surface area contributed by atoms with Crippen LogP contribution in [0.5, 0.6) is 11.5 Å². The minimum Gasteiger partial charge on any atom is -0.496 e. The second-order valence-electron chi connectivity index (χ2n) is 12.3. The van der Waals surface area contributed by atoms with Gasteiger partial charge >= 0.3 is 0 Å². The van der Waals surface area contributed by atoms with Gasteiger partial charge in [0.25, 0.3) is 5.91 Å². The molecule has 216 valence electrons. The number of carbonyl (C=O) groups excluding carboxylic acids is 1. The van der Waals surface area contributed by atoms with Crippen LogP contribution < -0.4 is 14.8 Å². The van der Waals surface area contributed by atoms with Crippen molar-refractivity contribution in [2.45, 2.75) is 57.3 Å². The van der Waals surface area contributed by atoms with Crippen LogP contribution in [0.1, 0.15) is 53.6 Å². The van der Waals surface area contributed by atoms with E-state index >= 15 is 0 Å². The average Bonchev–Trinajstić information content (AvgIpc) is 2.99. The molecule has 4 aliphatic rings. The maximum Gasteiger partial charge on any atom is 0.255 e. The Morgan fingerprint density at radius 2 is 1.51 bits per heavy atom. The van der Waals surface area contributed by atoms with Crippen LogP contribution in [0.4, 0.5) is 0 Å². The van der Waals surface area contributed by atoms with Crippen molar-refractivity contribution in [1.82, 2.24) is 10.2 Å². The second-order valence-corrected chi connectivity index (χ2v) is 12.3. The van der Waals surface area contributed by atoms with Gasteiger partial charge < -0.3 is 19.9 Å². The van der Waals surface area contributed by atoms with Gasteiger partial charge in [0.2, 0.25) is 0 Å². The molecule has 0 spiro atoms. The van der Waals surface area contributed by atoms with E-state index in [0.29, 0.717) is 42.3 Å². The van der Waals surface area contributed by atoms with Gasteiger partial charge in [-0.05, 0) is 79.5 Å². The number of hydrogen-bond acceptors (Lipinski definition) is 5. The lowest BCUT2D eigenvalue weighted by atomic mass is 9.54. The molecule has 4 aliphatic carbocycles. The van der Waals surface area contributed by atoms with Crippen LogP contribution in [0.3, 0.4) is 0 Å². The number of aliphatic hydroxyl groups is 1. The lowest BCUT2D eigenvalue weighted by molar-refractivity contribution is -0.0805. The van der Waals surface area contributed by atoms with Gasteiger partial charge in [-0.3, -0.25) is 9.69 Å². The number of hydrogen-bond donors (Lipinski definition) is 2. The highest BCUT2D eigenvalue weighted by Crippen LogP contribution is 2.55. The van der Waals surface area contributed by atoms with E-state index in [0.717, 1.165) is 35.3 Å². The third-order valence-electron chi connectivity index (χ3n) is 9.47. The first-order chi connectivity index (χ1) is 20.1. The first kappa shape index (κ1) is 27.8. The number of methoxy groups -OCH3 is 1. The molecule has 0 aromatic heterocycles. The zero-order valence-corrected chi connectivity index (χ0v) is 24.0. The average molecular weight is 555 g/mol. The predicted octanol–water partition coefficient (Wildman–Crippen LogP) is 5.69. The van der Waals surface area contributed by atoms with E-state index in [-0.39, 0.29) is 12.5 Å². The number of ether oxygens (including phenoxy) is 2. The third-order valence-corrected chi connectivity index (χ3v) is 9.47. The highest BCUT2D eigenvalue weighted by molar-refractivity contribution is 5.96. The summed E-state index contributed by atoms with van der Waals surface area (Å²) in [6.45, 7) is 1.83. The Morgan fingerprint density at radius 1 is 0.878 bits per heavy atom. The Bertz CT molecular complexity index is 1280. The van der Waals surface area contributed by atoms with Gasteiger partial charge in [0.15, 0.2) is 0 Å². The fraction of sp³-hybridized carbons (Fsp3) is 0.457. The largest absolute Gasteiger partial charge is 0.496 e. The second kappa shape index (κ2) is 12.7. The molecule has 6 nitrogen and oxygen atoms in total. The Hall–Kier alpha value is -3.35. The molecule has 0 saturated heterocycles. The van der Waals surface area contributed by atoms with Crippen molar-refractivity contribution in [1.29, 1.82) is 0 Å². The Labute approximate surface area is 243 Å². The highest BCUT2D eigenvalue weighted by atomic mass is 16.5. The molecule has 1 amide bonds. The van der Waals surface area contributed by atoms with Crippen molar-refractivity contribution < 1.29 is 19.4 Å². The third kappa shape index (κ3) is 6.44. The molecule has 3 aromatic carbocycles. The van der Waals surface area contributed by atoms with Crippen molar-refractivity contribution in [3.05, 3.63) is 95.6 Å². The summed E-state index contributed by atoms with van der Waals surface area (Å²) in [5.41, 5.74) is 2.66. The van der Waals surface area contributed by atoms with Crippen molar-refractivity contribution in [2.75, 3.05) is 20.3 Å². The van der Waals surface area contributed by atoms with Crippen LogP contribution in [0.15, 0.2) is 78.9 Å². The van der Waals surface area contributed by atoms with Crippen LogP contribution in [-0.2, 0) is 13.1 Å². The minimum absolute atomic E-state index is 0.124. The molecule has 0 aliphatic heterocycles. The van der Waals surface area contributed by atoms with E-state index in [1.807, 2.05) is 54.6 Å². The van der Waals surface area contributed by atoms with Crippen LogP contribution in [-0.4, -0.2) is 48.3 Å². The molecular formula is C35H42N2O4. The van der Waals surface area contributed by atoms with Gasteiger partial charge in [-0.15, -0.1) is 0 Å². The molecule has 0 radical (unpaired) electrons. The Kier molecular flexibility index (Phi) is 8.59. The van der Waals surface area contributed by atoms with Crippen molar-refractivity contribution in [2.24, 2.45) is 23.7 Å². The molecule has 7 rings (SSSR count). The zero-order chi connectivity index (χ0) is 28.2. The van der Waals surface area contributed by atoms with E-state index in [2.05, 4.69) is 22.3 Å². The number of amides is 1. The lowest BCUT2D eigenvalue weighted by Crippen LogP contribution is -2.57. The summed E-state index contributed by atoms with van der Waals surface area (Å²) >= 11 is 0. The van der Waals surface area contributed by atoms with Gasteiger partial charge in [-0.1, -0.05) is 60.7 Å². The maximum atomic E-state index is 13.0. The van der Waals surface area contributed by atoms with Gasteiger partial charge in [-0.25, -0.2) is 0 Å². The smallest absolute Gasteiger partial charge is 0.255 e. The summed E-state index contributed by atoms with van der Waals surface area (Å²) in [5, 5.41) is 14.3. The molecule has 4 bridgehead atoms. The Morgan fingerprint density at radius 3 is 2.22 bits per heavy atom. The van der Waals surface area contributed by atoms with Crippen LogP contribution in [0, 0.1) is 23.7 Å². The molecule has 4 fully saturated rings. The van der Waals surface area contributed by atoms with E-state index < -0.39 is 6.10 Å². The van der Waals surface area contributed by atoms with Crippen molar-refractivity contribution in [3.63, 3.8) is 0 Å². The van der Waals surface area contributed by atoms with Crippen molar-refractivity contribution in [3.8, 4) is 11.5 Å². The SMILES string of the molecule is COc1ccccc1CN(CC(O)COc1ccccc1C(=O)NCc1ccccc1)C1C2CC3CC(C2)CC1C3. The summed E-state index contributed by atoms with van der Waals surface area (Å²) in [7, 11) is 1.72. The summed E-state index contributed by atoms with van der Waals surface area (Å²) in [4.78, 5) is 15.5. The normalized spacial score (nSPS) is 25.2. The lowest BCUT2D eigenvalue weighted by Gasteiger charge is -2.57. The topological polar surface area (TPSA) is 71.0 Å². The summed E-state index contributed by atoms with van der Waals surface area (Å²) in [6.07, 6.45) is 6.00. The minimum atomic E-state index is -0.692. The van der Waals surface area contributed by atoms with Crippen LogP contribution in [0.25, 0.3) is 0 Å². The first-order valence-corrected chi connectivity index (χ1v) is 15.1. The molecule has 1 unspecified atom stereocenters. The first-order valence-electron chi connectivity index (χ1n) is 15.1. The number of nitrogens with one attached hydrogen (secondary N) is 1. The molecule has 3 aromatic rings. The molecule has 41 heavy (non-hydrogen) atoms. The molecular weight excluding hydrogens is 512 g/mol. The summed E-state index contributed by atoms with van der Waals surface area (Å²) in [5.74, 6) is 4.36. The van der Waals surface area contributed by atoms with Gasteiger partial charge in [0.05, 0.1) is 12.7 Å². The number of para-hydroxylation sites is 2. The number of nitrogens with zero attached hydrogens (tertiary/aromatic N) is 1. The number of rotatable bonds is 12. The van der Waals surface area contributed by atoms with E-state index in [9.17, 15) is 9.90 Å². The molecule has 1 atom stereocenters. The van der Waals surface area contributed by atoms with Gasteiger partial charge in [-0.2, -0.15) is 0 Å². The van der Waals surface area contributed by atoms with Crippen LogP contribution in [0.2, 0.25) is 0 Å². The van der Waals surface area contributed by atoms with Gasteiger partial charge in [0.1, 0.15) is 24.2 Å². The van der Waals surface area contributed by atoms with Gasteiger partial charge in [0, 0.05) is 31.2 Å². The highest BCUT2D eigenvalue weighted by Gasteiger charge is 2.50. The monoisotopic (exact) mass is 554 g/mol. The number of carbonyl (C=O) groups is 1. The molecule has 4 saturated carbocycles. The quantitative estimate of drug-likeness (QED) is 0.301. The van der Waals surface area contributed by atoms with Crippen LogP contribution >= 0.6 is 0 Å². The van der Waals surface area contributed by atoms with E-state index in [4.69, 9.17) is 9.47 Å². The number of benzene rings is 3. The molecule has 0 heterocycles. The number of aliphatic hydroxyl groups excluding tert-OH is 1. The Balaban J connectivity index is 1.13. The fourth-order valence-electron chi connectivity index (χ4n) is 8.00. The van der Waals surface area contributed by atoms with Crippen molar-refractivity contribution >= 4 is 5.91 Å². The maximum absolute atomic E-state index is 13.0. The molecule has 2 N–H and O–H groups in total. The standard InChI is InChI=1S/C35H42N2O4/c1-40-32-13-7-5-11-27(32)21-37(34-28-16-25-15-26(18-28)19-29(34)17-25)22-30(38)23-41-33-14-8-6-12-31(33)35(39)36-20-24-9-3-2-4-10-24/h2-14,25-26,28-30,34,38H,15-23H2,1H3,(H,36,39). The summed E-state index contributed by atoms with van der Waals surface area (Å²) in [6, 6.07) is 25.8. The molecule has 6 heteroatoms. The van der Waals surface area contributed by atoms with E-state index in [1.54, 1.807) is 19.2 Å². The fourth-order valence-corrected chi connectivity index (χ4v) is 8.00.